The fourth-order valence-corrected chi connectivity index (χ4v) is 4.88. The van der Waals surface area contributed by atoms with Crippen molar-refractivity contribution in [1.29, 1.82) is 0 Å². The highest BCUT2D eigenvalue weighted by atomic mass is 35.5. The van der Waals surface area contributed by atoms with Crippen molar-refractivity contribution in [2.75, 3.05) is 17.1 Å². The second kappa shape index (κ2) is 11.4. The summed E-state index contributed by atoms with van der Waals surface area (Å²) in [6.45, 7) is 8.46. The summed E-state index contributed by atoms with van der Waals surface area (Å²) >= 11 is 12.3. The molecule has 2 amide bonds. The van der Waals surface area contributed by atoms with E-state index in [0.717, 1.165) is 21.7 Å². The average molecular weight is 529 g/mol. The molecule has 1 unspecified atom stereocenters. The standard InChI is InChI=1S/C24H31Cl2N3O4S/c1-15(2)27-24(31)18(5)28(13-19-8-9-20(25)12-21(19)26)23(30)14-29(34(6,32)33)22-10-7-16(3)11-17(22)4/h7-12,15,18H,13-14H2,1-6H3,(H,27,31). The third kappa shape index (κ3) is 7.35. The Hall–Kier alpha value is -2.29. The zero-order valence-corrected chi connectivity index (χ0v) is 22.6. The number of nitrogens with one attached hydrogen (secondary N) is 1. The molecule has 0 fully saturated rings. The molecular formula is C24H31Cl2N3O4S. The number of halogens is 2. The molecule has 0 aliphatic heterocycles. The van der Waals surface area contributed by atoms with Crippen molar-refractivity contribution in [2.45, 2.75) is 53.2 Å². The van der Waals surface area contributed by atoms with Crippen LogP contribution in [0, 0.1) is 13.8 Å². The first-order valence-electron chi connectivity index (χ1n) is 10.8. The second-order valence-corrected chi connectivity index (χ2v) is 11.4. The molecule has 186 valence electrons. The summed E-state index contributed by atoms with van der Waals surface area (Å²) in [6.07, 6.45) is 1.05. The highest BCUT2D eigenvalue weighted by Gasteiger charge is 2.31. The van der Waals surface area contributed by atoms with Gasteiger partial charge >= 0.3 is 0 Å². The summed E-state index contributed by atoms with van der Waals surface area (Å²) in [5.74, 6) is -0.895. The first-order valence-corrected chi connectivity index (χ1v) is 13.4. The monoisotopic (exact) mass is 527 g/mol. The van der Waals surface area contributed by atoms with E-state index in [1.54, 1.807) is 44.2 Å². The van der Waals surface area contributed by atoms with Crippen LogP contribution in [0.3, 0.4) is 0 Å². The molecule has 0 aliphatic rings. The van der Waals surface area contributed by atoms with Gasteiger partial charge in [0.1, 0.15) is 12.6 Å². The first-order chi connectivity index (χ1) is 15.7. The molecule has 2 rings (SSSR count). The molecule has 1 N–H and O–H groups in total. The zero-order valence-electron chi connectivity index (χ0n) is 20.2. The van der Waals surface area contributed by atoms with E-state index < -0.39 is 28.5 Å². The van der Waals surface area contributed by atoms with E-state index in [1.165, 1.54) is 4.90 Å². The van der Waals surface area contributed by atoms with Gasteiger partial charge < -0.3 is 10.2 Å². The van der Waals surface area contributed by atoms with Crippen molar-refractivity contribution in [1.82, 2.24) is 10.2 Å². The topological polar surface area (TPSA) is 86.8 Å². The number of nitrogens with zero attached hydrogens (tertiary/aromatic N) is 2. The van der Waals surface area contributed by atoms with Crippen LogP contribution < -0.4 is 9.62 Å². The van der Waals surface area contributed by atoms with Gasteiger partial charge in [0, 0.05) is 22.6 Å². The summed E-state index contributed by atoms with van der Waals surface area (Å²) in [7, 11) is -3.79. The Kier molecular flexibility index (Phi) is 9.39. The molecule has 0 spiro atoms. The van der Waals surface area contributed by atoms with Crippen LogP contribution in [-0.2, 0) is 26.2 Å². The molecule has 0 saturated heterocycles. The van der Waals surface area contributed by atoms with Crippen molar-refractivity contribution < 1.29 is 18.0 Å². The summed E-state index contributed by atoms with van der Waals surface area (Å²) in [5.41, 5.74) is 2.68. The van der Waals surface area contributed by atoms with E-state index in [1.807, 2.05) is 26.8 Å². The molecular weight excluding hydrogens is 497 g/mol. The second-order valence-electron chi connectivity index (χ2n) is 8.66. The van der Waals surface area contributed by atoms with Crippen molar-refractivity contribution in [3.8, 4) is 0 Å². The van der Waals surface area contributed by atoms with Gasteiger partial charge in [-0.15, -0.1) is 0 Å². The van der Waals surface area contributed by atoms with Gasteiger partial charge in [-0.3, -0.25) is 13.9 Å². The van der Waals surface area contributed by atoms with Crippen LogP contribution in [0.4, 0.5) is 5.69 Å². The summed E-state index contributed by atoms with van der Waals surface area (Å²) in [5, 5.41) is 3.58. The number of anilines is 1. The summed E-state index contributed by atoms with van der Waals surface area (Å²) in [4.78, 5) is 27.6. The maximum absolute atomic E-state index is 13.5. The lowest BCUT2D eigenvalue weighted by Crippen LogP contribution is -2.52. The molecule has 0 bridgehead atoms. The van der Waals surface area contributed by atoms with E-state index in [-0.39, 0.29) is 18.5 Å². The molecule has 34 heavy (non-hydrogen) atoms. The van der Waals surface area contributed by atoms with Crippen LogP contribution in [-0.4, -0.2) is 50.0 Å². The average Bonchev–Trinajstić information content (AvgIpc) is 2.70. The van der Waals surface area contributed by atoms with Gasteiger partial charge in [0.25, 0.3) is 0 Å². The fourth-order valence-electron chi connectivity index (χ4n) is 3.50. The van der Waals surface area contributed by atoms with Crippen LogP contribution in [0.5, 0.6) is 0 Å². The predicted molar refractivity (Wildman–Crippen MR) is 138 cm³/mol. The van der Waals surface area contributed by atoms with Crippen molar-refractivity contribution in [3.63, 3.8) is 0 Å². The lowest BCUT2D eigenvalue weighted by molar-refractivity contribution is -0.139. The van der Waals surface area contributed by atoms with Crippen LogP contribution >= 0.6 is 23.2 Å². The van der Waals surface area contributed by atoms with Crippen molar-refractivity contribution >= 4 is 50.7 Å². The molecule has 7 nitrogen and oxygen atoms in total. The molecule has 2 aromatic rings. The Bertz CT molecular complexity index is 1170. The molecule has 0 heterocycles. The highest BCUT2D eigenvalue weighted by molar-refractivity contribution is 7.92. The van der Waals surface area contributed by atoms with Crippen LogP contribution in [0.25, 0.3) is 0 Å². The van der Waals surface area contributed by atoms with Crippen LogP contribution in [0.15, 0.2) is 36.4 Å². The zero-order chi connectivity index (χ0) is 25.8. The number of sulfonamides is 1. The largest absolute Gasteiger partial charge is 0.352 e. The SMILES string of the molecule is Cc1ccc(N(CC(=O)N(Cc2ccc(Cl)cc2Cl)C(C)C(=O)NC(C)C)S(C)(=O)=O)c(C)c1. The molecule has 10 heteroatoms. The van der Waals surface area contributed by atoms with Gasteiger partial charge in [-0.2, -0.15) is 0 Å². The van der Waals surface area contributed by atoms with Crippen LogP contribution in [0.2, 0.25) is 10.0 Å². The van der Waals surface area contributed by atoms with Gasteiger partial charge in [-0.05, 0) is 63.9 Å². The van der Waals surface area contributed by atoms with Crippen molar-refractivity contribution in [3.05, 3.63) is 63.1 Å². The number of amides is 2. The highest BCUT2D eigenvalue weighted by Crippen LogP contribution is 2.26. The van der Waals surface area contributed by atoms with E-state index in [9.17, 15) is 18.0 Å². The lowest BCUT2D eigenvalue weighted by atomic mass is 10.1. The molecule has 0 aliphatic carbocycles. The number of benzene rings is 2. The van der Waals surface area contributed by atoms with Gasteiger partial charge in [0.05, 0.1) is 11.9 Å². The lowest BCUT2D eigenvalue weighted by Gasteiger charge is -2.32. The molecule has 0 saturated carbocycles. The number of rotatable bonds is 9. The van der Waals surface area contributed by atoms with Crippen LogP contribution in [0.1, 0.15) is 37.5 Å². The Morgan fingerprint density at radius 3 is 2.21 bits per heavy atom. The minimum atomic E-state index is -3.79. The predicted octanol–water partition coefficient (Wildman–Crippen LogP) is 4.32. The molecule has 0 aromatic heterocycles. The molecule has 0 radical (unpaired) electrons. The Morgan fingerprint density at radius 1 is 1.03 bits per heavy atom. The maximum Gasteiger partial charge on any atom is 0.244 e. The maximum atomic E-state index is 13.5. The fraction of sp³-hybridized carbons (Fsp3) is 0.417. The molecule has 1 atom stereocenters. The quantitative estimate of drug-likeness (QED) is 0.526. The third-order valence-electron chi connectivity index (χ3n) is 5.25. The van der Waals surface area contributed by atoms with E-state index >= 15 is 0 Å². The number of aryl methyl sites for hydroxylation is 2. The van der Waals surface area contributed by atoms with E-state index in [0.29, 0.717) is 21.3 Å². The minimum absolute atomic E-state index is 0.00595. The normalized spacial score (nSPS) is 12.4. The van der Waals surface area contributed by atoms with Gasteiger partial charge in [-0.1, -0.05) is 47.0 Å². The number of carbonyl (C=O) groups is 2. The first kappa shape index (κ1) is 28.0. The van der Waals surface area contributed by atoms with E-state index in [4.69, 9.17) is 23.2 Å². The van der Waals surface area contributed by atoms with E-state index in [2.05, 4.69) is 5.32 Å². The Morgan fingerprint density at radius 2 is 1.68 bits per heavy atom. The number of hydrogen-bond acceptors (Lipinski definition) is 4. The summed E-state index contributed by atoms with van der Waals surface area (Å²) in [6, 6.07) is 9.18. The van der Waals surface area contributed by atoms with Gasteiger partial charge in [-0.25, -0.2) is 8.42 Å². The van der Waals surface area contributed by atoms with Crippen molar-refractivity contribution in [2.24, 2.45) is 0 Å². The number of hydrogen-bond donors (Lipinski definition) is 1. The Labute approximate surface area is 212 Å². The summed E-state index contributed by atoms with van der Waals surface area (Å²) < 4.78 is 26.4. The minimum Gasteiger partial charge on any atom is -0.352 e. The van der Waals surface area contributed by atoms with Gasteiger partial charge in [0.2, 0.25) is 21.8 Å². The third-order valence-corrected chi connectivity index (χ3v) is 6.97. The molecule has 2 aromatic carbocycles. The Balaban J connectivity index is 2.46. The smallest absolute Gasteiger partial charge is 0.244 e. The van der Waals surface area contributed by atoms with Gasteiger partial charge in [0.15, 0.2) is 0 Å². The number of carbonyl (C=O) groups excluding carboxylic acids is 2.